The Morgan fingerprint density at radius 1 is 1.40 bits per heavy atom. The number of rotatable bonds is 5. The Morgan fingerprint density at radius 3 is 2.65 bits per heavy atom. The van der Waals surface area contributed by atoms with Crippen molar-refractivity contribution in [2.24, 2.45) is 0 Å². The smallest absolute Gasteiger partial charge is 0.303 e. The molecule has 0 saturated carbocycles. The zero-order valence-electron chi connectivity index (χ0n) is 10.6. The van der Waals surface area contributed by atoms with Gasteiger partial charge in [0.05, 0.1) is 17.8 Å². The average Bonchev–Trinajstić information content (AvgIpc) is 2.79. The molecule has 0 aliphatic carbocycles. The van der Waals surface area contributed by atoms with Crippen molar-refractivity contribution in [3.8, 4) is 0 Å². The molecule has 20 heavy (non-hydrogen) atoms. The van der Waals surface area contributed by atoms with E-state index in [1.807, 2.05) is 24.4 Å². The minimum Gasteiger partial charge on any atom is -0.481 e. The van der Waals surface area contributed by atoms with Crippen LogP contribution in [0.2, 0.25) is 0 Å². The van der Waals surface area contributed by atoms with Gasteiger partial charge >= 0.3 is 5.97 Å². The molecule has 0 unspecified atom stereocenters. The van der Waals surface area contributed by atoms with E-state index < -0.39 is 5.97 Å². The molecule has 1 aromatic heterocycles. The molecule has 2 rings (SSSR count). The van der Waals surface area contributed by atoms with E-state index in [0.29, 0.717) is 6.42 Å². The molecule has 106 valence electrons. The Hall–Kier alpha value is -0.920. The fourth-order valence-corrected chi connectivity index (χ4v) is 4.00. The number of halogens is 2. The van der Waals surface area contributed by atoms with E-state index in [2.05, 4.69) is 42.2 Å². The molecular weight excluding hydrogens is 408 g/mol. The zero-order valence-corrected chi connectivity index (χ0v) is 14.6. The Kier molecular flexibility index (Phi) is 5.17. The van der Waals surface area contributed by atoms with Gasteiger partial charge in [-0.15, -0.1) is 11.3 Å². The van der Waals surface area contributed by atoms with Gasteiger partial charge in [0, 0.05) is 20.7 Å². The van der Waals surface area contributed by atoms with Crippen LogP contribution in [-0.2, 0) is 11.2 Å². The summed E-state index contributed by atoms with van der Waals surface area (Å²) in [7, 11) is 0. The molecule has 0 spiro atoms. The molecular formula is C13H12Br2N2O2S. The summed E-state index contributed by atoms with van der Waals surface area (Å²) in [6.07, 6.45) is 0.546. The van der Waals surface area contributed by atoms with Crippen molar-refractivity contribution < 1.29 is 9.90 Å². The normalized spacial score (nSPS) is 10.6. The summed E-state index contributed by atoms with van der Waals surface area (Å²) in [5.41, 5.74) is 2.85. The molecule has 2 N–H and O–H groups in total. The van der Waals surface area contributed by atoms with Crippen LogP contribution < -0.4 is 5.32 Å². The molecule has 1 aromatic carbocycles. The van der Waals surface area contributed by atoms with Gasteiger partial charge in [0.1, 0.15) is 0 Å². The van der Waals surface area contributed by atoms with Crippen LogP contribution in [0.15, 0.2) is 26.5 Å². The third kappa shape index (κ3) is 4.04. The second kappa shape index (κ2) is 6.69. The van der Waals surface area contributed by atoms with E-state index in [1.54, 1.807) is 0 Å². The lowest BCUT2D eigenvalue weighted by molar-refractivity contribution is -0.136. The van der Waals surface area contributed by atoms with E-state index in [1.165, 1.54) is 11.3 Å². The fourth-order valence-electron chi connectivity index (χ4n) is 1.64. The SMILES string of the molecule is Cc1cc(Br)c(Nc2nc(CCC(=O)O)cs2)c(Br)c1. The predicted octanol–water partition coefficient (Wildman–Crippen LogP) is 4.74. The molecule has 0 amide bonds. The number of nitrogens with one attached hydrogen (secondary N) is 1. The van der Waals surface area contributed by atoms with Gasteiger partial charge in [0.15, 0.2) is 5.13 Å². The molecule has 7 heteroatoms. The number of aliphatic carboxylic acids is 1. The first-order valence-corrected chi connectivity index (χ1v) is 8.31. The number of hydrogen-bond acceptors (Lipinski definition) is 4. The Morgan fingerprint density at radius 2 is 2.05 bits per heavy atom. The van der Waals surface area contributed by atoms with Gasteiger partial charge in [-0.25, -0.2) is 4.98 Å². The molecule has 0 bridgehead atoms. The van der Waals surface area contributed by atoms with Crippen molar-refractivity contribution in [1.82, 2.24) is 4.98 Å². The molecule has 0 fully saturated rings. The third-order valence-corrected chi connectivity index (χ3v) is 4.62. The summed E-state index contributed by atoms with van der Waals surface area (Å²) in [5.74, 6) is -0.809. The second-order valence-electron chi connectivity index (χ2n) is 4.27. The van der Waals surface area contributed by atoms with E-state index >= 15 is 0 Å². The van der Waals surface area contributed by atoms with E-state index in [-0.39, 0.29) is 6.42 Å². The number of thiazole rings is 1. The maximum Gasteiger partial charge on any atom is 0.303 e. The summed E-state index contributed by atoms with van der Waals surface area (Å²) in [6.45, 7) is 2.02. The minimum atomic E-state index is -0.809. The maximum atomic E-state index is 10.5. The Labute approximate surface area is 137 Å². The molecule has 0 atom stereocenters. The van der Waals surface area contributed by atoms with Crippen LogP contribution in [0.1, 0.15) is 17.7 Å². The van der Waals surface area contributed by atoms with Crippen LogP contribution in [0.25, 0.3) is 0 Å². The highest BCUT2D eigenvalue weighted by Crippen LogP contribution is 2.35. The van der Waals surface area contributed by atoms with Crippen molar-refractivity contribution in [3.63, 3.8) is 0 Å². The maximum absolute atomic E-state index is 10.5. The predicted molar refractivity (Wildman–Crippen MR) is 87.9 cm³/mol. The fraction of sp³-hybridized carbons (Fsp3) is 0.231. The van der Waals surface area contributed by atoms with Crippen LogP contribution in [0.5, 0.6) is 0 Å². The number of anilines is 2. The van der Waals surface area contributed by atoms with Crippen LogP contribution in [0.3, 0.4) is 0 Å². The highest BCUT2D eigenvalue weighted by atomic mass is 79.9. The molecule has 0 saturated heterocycles. The number of nitrogens with zero attached hydrogens (tertiary/aromatic N) is 1. The molecule has 4 nitrogen and oxygen atoms in total. The molecule has 2 aromatic rings. The van der Waals surface area contributed by atoms with Gasteiger partial charge in [-0.05, 0) is 56.5 Å². The van der Waals surface area contributed by atoms with E-state index in [9.17, 15) is 4.79 Å². The Bertz CT molecular complexity index is 620. The first-order chi connectivity index (χ1) is 9.45. The van der Waals surface area contributed by atoms with Crippen molar-refractivity contribution in [3.05, 3.63) is 37.7 Å². The van der Waals surface area contributed by atoms with Gasteiger partial charge in [-0.1, -0.05) is 0 Å². The van der Waals surface area contributed by atoms with Gasteiger partial charge in [0.25, 0.3) is 0 Å². The van der Waals surface area contributed by atoms with Crippen LogP contribution in [0, 0.1) is 6.92 Å². The van der Waals surface area contributed by atoms with Gasteiger partial charge in [-0.2, -0.15) is 0 Å². The summed E-state index contributed by atoms with van der Waals surface area (Å²) in [5, 5.41) is 14.5. The lowest BCUT2D eigenvalue weighted by Crippen LogP contribution is -1.98. The third-order valence-electron chi connectivity index (χ3n) is 2.57. The van der Waals surface area contributed by atoms with Crippen LogP contribution in [0.4, 0.5) is 10.8 Å². The number of carbonyl (C=O) groups is 1. The van der Waals surface area contributed by atoms with E-state index in [0.717, 1.165) is 31.0 Å². The number of hydrogen-bond donors (Lipinski definition) is 2. The number of aromatic nitrogens is 1. The highest BCUT2D eigenvalue weighted by Gasteiger charge is 2.10. The van der Waals surface area contributed by atoms with Crippen molar-refractivity contribution >= 4 is 60.0 Å². The number of carboxylic acid groups (broad SMARTS) is 1. The average molecular weight is 420 g/mol. The summed E-state index contributed by atoms with van der Waals surface area (Å²) in [6, 6.07) is 4.04. The lowest BCUT2D eigenvalue weighted by atomic mass is 10.2. The highest BCUT2D eigenvalue weighted by molar-refractivity contribution is 9.11. The summed E-state index contributed by atoms with van der Waals surface area (Å²) >= 11 is 8.50. The van der Waals surface area contributed by atoms with Crippen molar-refractivity contribution in [1.29, 1.82) is 0 Å². The minimum absolute atomic E-state index is 0.0983. The quantitative estimate of drug-likeness (QED) is 0.734. The van der Waals surface area contributed by atoms with Crippen molar-refractivity contribution in [2.45, 2.75) is 19.8 Å². The van der Waals surface area contributed by atoms with Crippen LogP contribution >= 0.6 is 43.2 Å². The lowest BCUT2D eigenvalue weighted by Gasteiger charge is -2.09. The Balaban J connectivity index is 2.13. The second-order valence-corrected chi connectivity index (χ2v) is 6.83. The number of benzene rings is 1. The first-order valence-electron chi connectivity index (χ1n) is 5.84. The van der Waals surface area contributed by atoms with Gasteiger partial charge < -0.3 is 10.4 Å². The molecule has 0 radical (unpaired) electrons. The molecule has 0 aliphatic heterocycles. The summed E-state index contributed by atoms with van der Waals surface area (Å²) in [4.78, 5) is 14.9. The van der Waals surface area contributed by atoms with Crippen LogP contribution in [-0.4, -0.2) is 16.1 Å². The largest absolute Gasteiger partial charge is 0.481 e. The number of aryl methyl sites for hydroxylation is 2. The molecule has 1 heterocycles. The standard InChI is InChI=1S/C13H12Br2N2O2S/c1-7-4-9(14)12(10(15)5-7)17-13-16-8(6-20-13)2-3-11(18)19/h4-6H,2-3H2,1H3,(H,16,17)(H,18,19). The van der Waals surface area contributed by atoms with Gasteiger partial charge in [-0.3, -0.25) is 4.79 Å². The molecule has 0 aliphatic rings. The number of carboxylic acids is 1. The summed E-state index contributed by atoms with van der Waals surface area (Å²) < 4.78 is 1.90. The monoisotopic (exact) mass is 418 g/mol. The topological polar surface area (TPSA) is 62.2 Å². The van der Waals surface area contributed by atoms with Crippen molar-refractivity contribution in [2.75, 3.05) is 5.32 Å². The zero-order chi connectivity index (χ0) is 14.7. The van der Waals surface area contributed by atoms with Gasteiger partial charge in [0.2, 0.25) is 0 Å². The first kappa shape index (κ1) is 15.5. The van der Waals surface area contributed by atoms with E-state index in [4.69, 9.17) is 5.11 Å².